The summed E-state index contributed by atoms with van der Waals surface area (Å²) in [6, 6.07) is 0. The van der Waals surface area contributed by atoms with Crippen LogP contribution in [-0.4, -0.2) is 37.1 Å². The van der Waals surface area contributed by atoms with Crippen LogP contribution >= 0.6 is 0 Å². The van der Waals surface area contributed by atoms with Gasteiger partial charge in [-0.05, 0) is 25.7 Å². The van der Waals surface area contributed by atoms with E-state index in [1.807, 2.05) is 0 Å². The van der Waals surface area contributed by atoms with Crippen molar-refractivity contribution in [1.29, 1.82) is 0 Å². The molecule has 0 aliphatic heterocycles. The summed E-state index contributed by atoms with van der Waals surface area (Å²) in [6.45, 7) is 10.4. The SMILES string of the molecule is CCC(C)(CC(C)C)OCCOCCO. The summed E-state index contributed by atoms with van der Waals surface area (Å²) in [5, 5.41) is 8.52. The van der Waals surface area contributed by atoms with Crippen LogP contribution in [0.5, 0.6) is 0 Å². The molecule has 1 atom stereocenters. The zero-order valence-electron chi connectivity index (χ0n) is 10.6. The van der Waals surface area contributed by atoms with Crippen LogP contribution in [0.4, 0.5) is 0 Å². The Labute approximate surface area is 93.8 Å². The summed E-state index contributed by atoms with van der Waals surface area (Å²) in [7, 11) is 0. The minimum atomic E-state index is -0.0310. The standard InChI is InChI=1S/C12H26O3/c1-5-12(4,10-11(2)3)15-9-8-14-7-6-13/h11,13H,5-10H2,1-4H3. The van der Waals surface area contributed by atoms with E-state index in [2.05, 4.69) is 27.7 Å². The van der Waals surface area contributed by atoms with Crippen LogP contribution in [0.15, 0.2) is 0 Å². The van der Waals surface area contributed by atoms with Gasteiger partial charge in [0.25, 0.3) is 0 Å². The lowest BCUT2D eigenvalue weighted by Gasteiger charge is -2.30. The molecule has 1 unspecified atom stereocenters. The Kier molecular flexibility index (Phi) is 8.02. The Morgan fingerprint density at radius 1 is 1.20 bits per heavy atom. The molecule has 3 heteroatoms. The van der Waals surface area contributed by atoms with E-state index in [1.54, 1.807) is 0 Å². The molecule has 0 heterocycles. The average molecular weight is 218 g/mol. The maximum atomic E-state index is 8.52. The normalized spacial score (nSPS) is 15.6. The highest BCUT2D eigenvalue weighted by molar-refractivity contribution is 4.74. The molecule has 0 aliphatic carbocycles. The maximum absolute atomic E-state index is 8.52. The van der Waals surface area contributed by atoms with Gasteiger partial charge < -0.3 is 14.6 Å². The van der Waals surface area contributed by atoms with Gasteiger partial charge in [-0.25, -0.2) is 0 Å². The van der Waals surface area contributed by atoms with Crippen molar-refractivity contribution >= 4 is 0 Å². The number of ether oxygens (including phenoxy) is 2. The fourth-order valence-corrected chi connectivity index (χ4v) is 1.68. The van der Waals surface area contributed by atoms with E-state index in [-0.39, 0.29) is 12.2 Å². The lowest BCUT2D eigenvalue weighted by atomic mass is 9.92. The Hall–Kier alpha value is -0.120. The molecule has 0 saturated carbocycles. The smallest absolute Gasteiger partial charge is 0.0707 e. The first-order chi connectivity index (χ1) is 7.04. The van der Waals surface area contributed by atoms with Crippen molar-refractivity contribution in [3.63, 3.8) is 0 Å². The first-order valence-electron chi connectivity index (χ1n) is 5.86. The second-order valence-corrected chi connectivity index (χ2v) is 4.59. The number of hydrogen-bond donors (Lipinski definition) is 1. The summed E-state index contributed by atoms with van der Waals surface area (Å²) in [5.41, 5.74) is -0.0310. The first-order valence-corrected chi connectivity index (χ1v) is 5.86. The summed E-state index contributed by atoms with van der Waals surface area (Å²) < 4.78 is 11.0. The van der Waals surface area contributed by atoms with E-state index in [0.717, 1.165) is 12.8 Å². The van der Waals surface area contributed by atoms with Crippen LogP contribution < -0.4 is 0 Å². The fourth-order valence-electron chi connectivity index (χ4n) is 1.68. The minimum absolute atomic E-state index is 0.0310. The van der Waals surface area contributed by atoms with Crippen LogP contribution in [0.1, 0.15) is 40.5 Å². The molecule has 0 aromatic rings. The molecule has 92 valence electrons. The molecule has 0 rings (SSSR count). The average Bonchev–Trinajstić information content (AvgIpc) is 2.16. The van der Waals surface area contributed by atoms with E-state index in [4.69, 9.17) is 14.6 Å². The van der Waals surface area contributed by atoms with Crippen LogP contribution in [0, 0.1) is 5.92 Å². The van der Waals surface area contributed by atoms with E-state index < -0.39 is 0 Å². The van der Waals surface area contributed by atoms with Crippen LogP contribution in [0.2, 0.25) is 0 Å². The molecular formula is C12H26O3. The van der Waals surface area contributed by atoms with Gasteiger partial charge in [-0.1, -0.05) is 20.8 Å². The van der Waals surface area contributed by atoms with Crippen molar-refractivity contribution < 1.29 is 14.6 Å². The monoisotopic (exact) mass is 218 g/mol. The Morgan fingerprint density at radius 3 is 2.33 bits per heavy atom. The summed E-state index contributed by atoms with van der Waals surface area (Å²) in [5.74, 6) is 0.647. The third kappa shape index (κ3) is 7.77. The topological polar surface area (TPSA) is 38.7 Å². The fraction of sp³-hybridized carbons (Fsp3) is 1.00. The summed E-state index contributed by atoms with van der Waals surface area (Å²) in [6.07, 6.45) is 2.09. The van der Waals surface area contributed by atoms with Crippen molar-refractivity contribution in [2.75, 3.05) is 26.4 Å². The van der Waals surface area contributed by atoms with Gasteiger partial charge in [-0.15, -0.1) is 0 Å². The molecule has 0 spiro atoms. The number of aliphatic hydroxyl groups excluding tert-OH is 1. The highest BCUT2D eigenvalue weighted by Gasteiger charge is 2.23. The van der Waals surface area contributed by atoms with Gasteiger partial charge in [0.05, 0.1) is 32.0 Å². The zero-order chi connectivity index (χ0) is 11.7. The largest absolute Gasteiger partial charge is 0.394 e. The molecule has 3 nitrogen and oxygen atoms in total. The molecule has 0 saturated heterocycles. The molecular weight excluding hydrogens is 192 g/mol. The van der Waals surface area contributed by atoms with E-state index in [9.17, 15) is 0 Å². The lowest BCUT2D eigenvalue weighted by Crippen LogP contribution is -2.31. The first kappa shape index (κ1) is 14.9. The number of rotatable bonds is 9. The second-order valence-electron chi connectivity index (χ2n) is 4.59. The lowest BCUT2D eigenvalue weighted by molar-refractivity contribution is -0.0714. The van der Waals surface area contributed by atoms with Crippen molar-refractivity contribution in [1.82, 2.24) is 0 Å². The molecule has 0 aromatic heterocycles. The van der Waals surface area contributed by atoms with Gasteiger partial charge in [0.1, 0.15) is 0 Å². The second kappa shape index (κ2) is 8.08. The maximum Gasteiger partial charge on any atom is 0.0707 e. The van der Waals surface area contributed by atoms with Crippen LogP contribution in [-0.2, 0) is 9.47 Å². The molecule has 0 aromatic carbocycles. The van der Waals surface area contributed by atoms with Gasteiger partial charge in [0, 0.05) is 0 Å². The molecule has 0 fully saturated rings. The molecule has 0 radical (unpaired) electrons. The predicted octanol–water partition coefficient (Wildman–Crippen LogP) is 2.23. The third-order valence-corrected chi connectivity index (χ3v) is 2.50. The number of aliphatic hydroxyl groups is 1. The van der Waals surface area contributed by atoms with Crippen molar-refractivity contribution in [2.45, 2.75) is 46.1 Å². The Balaban J connectivity index is 3.68. The predicted molar refractivity (Wildman–Crippen MR) is 62.0 cm³/mol. The summed E-state index contributed by atoms with van der Waals surface area (Å²) >= 11 is 0. The quantitative estimate of drug-likeness (QED) is 0.603. The highest BCUT2D eigenvalue weighted by atomic mass is 16.5. The molecule has 0 aliphatic rings. The zero-order valence-corrected chi connectivity index (χ0v) is 10.6. The highest BCUT2D eigenvalue weighted by Crippen LogP contribution is 2.24. The van der Waals surface area contributed by atoms with Gasteiger partial charge in [0.15, 0.2) is 0 Å². The van der Waals surface area contributed by atoms with Crippen LogP contribution in [0.25, 0.3) is 0 Å². The minimum Gasteiger partial charge on any atom is -0.394 e. The van der Waals surface area contributed by atoms with Crippen LogP contribution in [0.3, 0.4) is 0 Å². The van der Waals surface area contributed by atoms with Gasteiger partial charge in [-0.2, -0.15) is 0 Å². The molecule has 15 heavy (non-hydrogen) atoms. The van der Waals surface area contributed by atoms with Gasteiger partial charge >= 0.3 is 0 Å². The molecule has 0 bridgehead atoms. The Bertz CT molecular complexity index is 148. The number of hydrogen-bond acceptors (Lipinski definition) is 3. The Morgan fingerprint density at radius 2 is 1.87 bits per heavy atom. The van der Waals surface area contributed by atoms with Gasteiger partial charge in [0.2, 0.25) is 0 Å². The molecule has 1 N–H and O–H groups in total. The van der Waals surface area contributed by atoms with E-state index in [0.29, 0.717) is 25.7 Å². The molecule has 0 amide bonds. The van der Waals surface area contributed by atoms with Gasteiger partial charge in [-0.3, -0.25) is 0 Å². The third-order valence-electron chi connectivity index (χ3n) is 2.50. The van der Waals surface area contributed by atoms with Crippen molar-refractivity contribution in [3.05, 3.63) is 0 Å². The summed E-state index contributed by atoms with van der Waals surface area (Å²) in [4.78, 5) is 0. The van der Waals surface area contributed by atoms with E-state index >= 15 is 0 Å². The van der Waals surface area contributed by atoms with Crippen molar-refractivity contribution in [2.24, 2.45) is 5.92 Å². The van der Waals surface area contributed by atoms with Crippen molar-refractivity contribution in [3.8, 4) is 0 Å². The van der Waals surface area contributed by atoms with E-state index in [1.165, 1.54) is 0 Å².